The average Bonchev–Trinajstić information content (AvgIpc) is 2.70. The topological polar surface area (TPSA) is 90.7 Å². The first-order valence-corrected chi connectivity index (χ1v) is 9.38. The number of nitrogens with one attached hydrogen (secondary N) is 1. The molecule has 0 saturated carbocycles. The third-order valence-electron chi connectivity index (χ3n) is 4.49. The molecule has 0 aliphatic rings. The molecule has 1 amide bonds. The molecule has 0 atom stereocenters. The van der Waals surface area contributed by atoms with Crippen molar-refractivity contribution in [1.82, 2.24) is 4.90 Å². The van der Waals surface area contributed by atoms with Gasteiger partial charge in [-0.3, -0.25) is 10.2 Å². The monoisotopic (exact) mass is 382 g/mol. The van der Waals surface area contributed by atoms with Gasteiger partial charge in [0.2, 0.25) is 6.41 Å². The van der Waals surface area contributed by atoms with Crippen LogP contribution in [0.25, 0.3) is 11.1 Å². The van der Waals surface area contributed by atoms with Gasteiger partial charge in [0.25, 0.3) is 0 Å². The number of aromatic carboxylic acids is 1. The number of hydrogen-bond donors (Lipinski definition) is 2. The van der Waals surface area contributed by atoms with Gasteiger partial charge in [0.15, 0.2) is 0 Å². The number of rotatable bonds is 10. The Hall–Kier alpha value is -3.15. The summed E-state index contributed by atoms with van der Waals surface area (Å²) in [6, 6.07) is 13.1. The van der Waals surface area contributed by atoms with Crippen LogP contribution in [0.1, 0.15) is 42.6 Å². The molecule has 148 valence electrons. The average molecular weight is 382 g/mol. The van der Waals surface area contributed by atoms with Crippen molar-refractivity contribution in [2.45, 2.75) is 33.1 Å². The summed E-state index contributed by atoms with van der Waals surface area (Å²) in [6.07, 6.45) is 2.84. The van der Waals surface area contributed by atoms with Crippen LogP contribution >= 0.6 is 0 Å². The van der Waals surface area contributed by atoms with Crippen LogP contribution in [0.4, 0.5) is 0 Å². The molecule has 0 spiro atoms. The number of carbonyl (C=O) groups is 2. The van der Waals surface area contributed by atoms with Crippen LogP contribution in [0.3, 0.4) is 0 Å². The van der Waals surface area contributed by atoms with Crippen molar-refractivity contribution in [3.05, 3.63) is 53.6 Å². The SMILES string of the molecule is CCOc1ccc(-c2ccc(CCCC(=N)N(C=O)CC)cc2)cc1C(=O)O. The van der Waals surface area contributed by atoms with Crippen molar-refractivity contribution < 1.29 is 19.4 Å². The van der Waals surface area contributed by atoms with E-state index in [2.05, 4.69) is 0 Å². The van der Waals surface area contributed by atoms with Gasteiger partial charge < -0.3 is 14.7 Å². The Bertz CT molecular complexity index is 831. The molecule has 0 bridgehead atoms. The minimum atomic E-state index is -1.01. The Labute approximate surface area is 165 Å². The highest BCUT2D eigenvalue weighted by atomic mass is 16.5. The van der Waals surface area contributed by atoms with E-state index in [9.17, 15) is 14.7 Å². The molecule has 0 saturated heterocycles. The highest BCUT2D eigenvalue weighted by Crippen LogP contribution is 2.27. The zero-order chi connectivity index (χ0) is 20.5. The number of amidine groups is 1. The van der Waals surface area contributed by atoms with Gasteiger partial charge in [-0.1, -0.05) is 30.3 Å². The summed E-state index contributed by atoms with van der Waals surface area (Å²) in [5, 5.41) is 17.3. The van der Waals surface area contributed by atoms with Crippen LogP contribution in [-0.4, -0.2) is 41.4 Å². The maximum atomic E-state index is 11.5. The number of benzene rings is 2. The van der Waals surface area contributed by atoms with E-state index < -0.39 is 5.97 Å². The summed E-state index contributed by atoms with van der Waals surface area (Å²) < 4.78 is 5.38. The predicted molar refractivity (Wildman–Crippen MR) is 109 cm³/mol. The summed E-state index contributed by atoms with van der Waals surface area (Å²) >= 11 is 0. The Balaban J connectivity index is 2.04. The van der Waals surface area contributed by atoms with Gasteiger partial charge in [0.05, 0.1) is 6.61 Å². The van der Waals surface area contributed by atoms with Crippen molar-refractivity contribution in [2.75, 3.05) is 13.2 Å². The fraction of sp³-hybridized carbons (Fsp3) is 0.318. The Kier molecular flexibility index (Phi) is 7.75. The normalized spacial score (nSPS) is 10.4. The summed E-state index contributed by atoms with van der Waals surface area (Å²) in [6.45, 7) is 4.59. The minimum Gasteiger partial charge on any atom is -0.493 e. The lowest BCUT2D eigenvalue weighted by Gasteiger charge is -2.15. The Morgan fingerprint density at radius 2 is 1.82 bits per heavy atom. The number of nitrogens with zero attached hydrogens (tertiary/aromatic N) is 1. The number of carbonyl (C=O) groups excluding carboxylic acids is 1. The zero-order valence-electron chi connectivity index (χ0n) is 16.3. The molecule has 28 heavy (non-hydrogen) atoms. The first-order valence-electron chi connectivity index (χ1n) is 9.38. The van der Waals surface area contributed by atoms with Crippen molar-refractivity contribution >= 4 is 18.2 Å². The number of aryl methyl sites for hydroxylation is 1. The second kappa shape index (κ2) is 10.3. The lowest BCUT2D eigenvalue weighted by Crippen LogP contribution is -2.28. The summed E-state index contributed by atoms with van der Waals surface area (Å²) in [4.78, 5) is 23.7. The molecular formula is C22H26N2O4. The number of carboxylic acid groups (broad SMARTS) is 1. The number of carboxylic acids is 1. The molecule has 0 fully saturated rings. The molecule has 0 aromatic heterocycles. The van der Waals surface area contributed by atoms with Gasteiger partial charge in [-0.2, -0.15) is 0 Å². The third-order valence-corrected chi connectivity index (χ3v) is 4.49. The fourth-order valence-corrected chi connectivity index (χ4v) is 2.95. The van der Waals surface area contributed by atoms with Gasteiger partial charge in [-0.05, 0) is 55.5 Å². The molecule has 2 rings (SSSR count). The van der Waals surface area contributed by atoms with E-state index in [0.29, 0.717) is 37.6 Å². The molecule has 0 aliphatic carbocycles. The van der Waals surface area contributed by atoms with Crippen LogP contribution in [-0.2, 0) is 11.2 Å². The van der Waals surface area contributed by atoms with E-state index in [0.717, 1.165) is 29.5 Å². The van der Waals surface area contributed by atoms with Gasteiger partial charge in [0.1, 0.15) is 17.1 Å². The van der Waals surface area contributed by atoms with Gasteiger partial charge in [-0.25, -0.2) is 4.79 Å². The highest BCUT2D eigenvalue weighted by molar-refractivity contribution is 5.92. The van der Waals surface area contributed by atoms with E-state index in [-0.39, 0.29) is 5.56 Å². The first-order chi connectivity index (χ1) is 13.5. The standard InChI is InChI=1S/C22H26N2O4/c1-3-24(15-25)21(23)7-5-6-16-8-10-17(11-9-16)18-12-13-20(28-4-2)19(14-18)22(26)27/h8-15,23H,3-7H2,1-2H3,(H,26,27). The lowest BCUT2D eigenvalue weighted by molar-refractivity contribution is -0.114. The van der Waals surface area contributed by atoms with Crippen molar-refractivity contribution in [3.8, 4) is 16.9 Å². The maximum absolute atomic E-state index is 11.5. The number of amides is 1. The Morgan fingerprint density at radius 1 is 1.14 bits per heavy atom. The molecular weight excluding hydrogens is 356 g/mol. The number of hydrogen-bond acceptors (Lipinski definition) is 4. The molecule has 2 aromatic rings. The largest absolute Gasteiger partial charge is 0.493 e. The van der Waals surface area contributed by atoms with Gasteiger partial charge in [-0.15, -0.1) is 0 Å². The minimum absolute atomic E-state index is 0.151. The molecule has 0 aliphatic heterocycles. The smallest absolute Gasteiger partial charge is 0.339 e. The van der Waals surface area contributed by atoms with Crippen LogP contribution in [0.5, 0.6) is 5.75 Å². The predicted octanol–water partition coefficient (Wildman–Crippen LogP) is 4.23. The van der Waals surface area contributed by atoms with Gasteiger partial charge in [0, 0.05) is 13.0 Å². The van der Waals surface area contributed by atoms with Crippen LogP contribution in [0.15, 0.2) is 42.5 Å². The van der Waals surface area contributed by atoms with Gasteiger partial charge >= 0.3 is 5.97 Å². The first kappa shape index (κ1) is 21.2. The molecule has 6 nitrogen and oxygen atoms in total. The second-order valence-electron chi connectivity index (χ2n) is 6.34. The molecule has 0 radical (unpaired) electrons. The maximum Gasteiger partial charge on any atom is 0.339 e. The summed E-state index contributed by atoms with van der Waals surface area (Å²) in [5.74, 6) is -0.306. The van der Waals surface area contributed by atoms with Crippen molar-refractivity contribution in [1.29, 1.82) is 5.41 Å². The quantitative estimate of drug-likeness (QED) is 0.365. The molecule has 0 heterocycles. The van der Waals surface area contributed by atoms with E-state index >= 15 is 0 Å². The lowest BCUT2D eigenvalue weighted by atomic mass is 9.99. The highest BCUT2D eigenvalue weighted by Gasteiger charge is 2.13. The van der Waals surface area contributed by atoms with Crippen LogP contribution in [0, 0.1) is 5.41 Å². The van der Waals surface area contributed by atoms with Crippen LogP contribution in [0.2, 0.25) is 0 Å². The van der Waals surface area contributed by atoms with E-state index in [1.54, 1.807) is 12.1 Å². The Morgan fingerprint density at radius 3 is 2.39 bits per heavy atom. The van der Waals surface area contributed by atoms with Crippen LogP contribution < -0.4 is 4.74 Å². The zero-order valence-corrected chi connectivity index (χ0v) is 16.3. The van der Waals surface area contributed by atoms with E-state index in [1.165, 1.54) is 4.90 Å². The molecule has 2 N–H and O–H groups in total. The molecule has 6 heteroatoms. The summed E-state index contributed by atoms with van der Waals surface area (Å²) in [7, 11) is 0. The fourth-order valence-electron chi connectivity index (χ4n) is 2.95. The second-order valence-corrected chi connectivity index (χ2v) is 6.34. The third kappa shape index (κ3) is 5.42. The number of ether oxygens (including phenoxy) is 1. The molecule has 2 aromatic carbocycles. The van der Waals surface area contributed by atoms with Crippen molar-refractivity contribution in [2.24, 2.45) is 0 Å². The van der Waals surface area contributed by atoms with E-state index in [1.807, 2.05) is 44.2 Å². The molecule has 0 unspecified atom stereocenters. The van der Waals surface area contributed by atoms with Crippen molar-refractivity contribution in [3.63, 3.8) is 0 Å². The summed E-state index contributed by atoms with van der Waals surface area (Å²) in [5.41, 5.74) is 3.03. The van der Waals surface area contributed by atoms with E-state index in [4.69, 9.17) is 10.1 Å².